The molecule has 0 heterocycles. The molecule has 0 amide bonds. The molecule has 4 heteroatoms. The van der Waals surface area contributed by atoms with Gasteiger partial charge in [-0.05, 0) is 0 Å². The third-order valence-corrected chi connectivity index (χ3v) is 0. The maximum atomic E-state index is 8.39. The molecule has 0 aromatic heterocycles. The van der Waals surface area contributed by atoms with E-state index in [2.05, 4.69) is 0 Å². The summed E-state index contributed by atoms with van der Waals surface area (Å²) in [6.07, 6.45) is 0. The van der Waals surface area contributed by atoms with Crippen molar-refractivity contribution in [1.82, 2.24) is 0 Å². The van der Waals surface area contributed by atoms with Gasteiger partial charge in [0, 0.05) is 0 Å². The fourth-order valence-corrected chi connectivity index (χ4v) is 0. The molecule has 0 aliphatic carbocycles. The maximum absolute atomic E-state index is 8.39. The zero-order valence-corrected chi connectivity index (χ0v) is 7.50. The Labute approximate surface area is 74.1 Å². The second kappa shape index (κ2) is 19.3. The van der Waals surface area contributed by atoms with E-state index < -0.39 is 0 Å². The first-order valence-electron chi connectivity index (χ1n) is 0.204. The molecule has 18 valence electrons. The number of hydrogen-bond donors (Lipinski definition) is 0. The van der Waals surface area contributed by atoms with Crippen molar-refractivity contribution in [2.45, 2.75) is 0 Å². The van der Waals surface area contributed by atoms with E-state index in [1.54, 1.807) is 0 Å². The van der Waals surface area contributed by atoms with Gasteiger partial charge in [0.05, 0.1) is 0 Å². The predicted octanol–water partition coefficient (Wildman–Crippen LogP) is -3.29. The fourth-order valence-electron chi connectivity index (χ4n) is 0. The van der Waals surface area contributed by atoms with Gasteiger partial charge in [-0.1, -0.05) is 0 Å². The molecule has 0 aromatic rings. The van der Waals surface area contributed by atoms with Gasteiger partial charge in [0.2, 0.25) is 0 Å². The molecule has 0 aromatic carbocycles. The fraction of sp³-hybridized carbons (Fsp3) is 0. The summed E-state index contributed by atoms with van der Waals surface area (Å²) in [5.41, 5.74) is 0. The van der Waals surface area contributed by atoms with Crippen LogP contribution in [0.25, 0.3) is 0 Å². The van der Waals surface area contributed by atoms with Gasteiger partial charge < -0.3 is 5.48 Å². The Morgan fingerprint density at radius 3 is 1.25 bits per heavy atom. The molecule has 0 saturated heterocycles. The Hall–Kier alpha value is 2.14. The molecule has 4 heavy (non-hydrogen) atoms. The van der Waals surface area contributed by atoms with Gasteiger partial charge in [-0.2, -0.15) is 0 Å². The molecule has 0 fully saturated rings. The van der Waals surface area contributed by atoms with E-state index in [9.17, 15) is 0 Å². The monoisotopic (exact) mass is 196 g/mol. The zero-order chi connectivity index (χ0) is 2.00. The summed E-state index contributed by atoms with van der Waals surface area (Å²) in [4.78, 5) is 0. The summed E-state index contributed by atoms with van der Waals surface area (Å²) in [7, 11) is 0. The van der Waals surface area contributed by atoms with Crippen molar-refractivity contribution in [3.8, 4) is 0 Å². The van der Waals surface area contributed by atoms with Crippen LogP contribution in [-0.4, -0.2) is 5.48 Å². The third kappa shape index (κ3) is 8.91. The Morgan fingerprint density at radius 1 is 1.25 bits per heavy atom. The van der Waals surface area contributed by atoms with Crippen LogP contribution in [-0.2, 0) is 0.938 Å². The van der Waals surface area contributed by atoms with Gasteiger partial charge >= 0.3 is 70.3 Å². The molecule has 0 unspecified atom stereocenters. The molecule has 0 aliphatic heterocycles. The Bertz CT molecular complexity index is 6.00. The van der Waals surface area contributed by atoms with E-state index in [4.69, 9.17) is 0.938 Å². The molecule has 0 bridgehead atoms. The van der Waals surface area contributed by atoms with Crippen LogP contribution < -0.4 is 29.6 Å². The molecule has 0 atom stereocenters. The first-order chi connectivity index (χ1) is 1.00. The summed E-state index contributed by atoms with van der Waals surface area (Å²) in [6.45, 7) is 0. The summed E-state index contributed by atoms with van der Waals surface area (Å²) in [5, 5.41) is 0. The van der Waals surface area contributed by atoms with Gasteiger partial charge in [0.15, 0.2) is 0 Å². The van der Waals surface area contributed by atoms with Crippen molar-refractivity contribution in [1.29, 1.82) is 0 Å². The predicted molar refractivity (Wildman–Crippen MR) is 2.62 cm³/mol. The van der Waals surface area contributed by atoms with Crippen molar-refractivity contribution in [2.75, 3.05) is 0 Å². The molecular weight excluding hydrogens is 195 g/mol. The van der Waals surface area contributed by atoms with Gasteiger partial charge in [-0.15, -0.1) is 0 Å². The van der Waals surface area contributed by atoms with Crippen molar-refractivity contribution < 1.29 is 75.7 Å². The number of rotatable bonds is 0. The van der Waals surface area contributed by atoms with E-state index in [-0.39, 0.29) is 74.8 Å². The van der Waals surface area contributed by atoms with E-state index in [0.717, 1.165) is 0 Å². The molecule has 0 spiro atoms. The zero-order valence-electron chi connectivity index (χ0n) is 2.36. The quantitative estimate of drug-likeness (QED) is 0.381. The number of hydrogen-bond acceptors (Lipinski definition) is 2. The Morgan fingerprint density at radius 2 is 1.25 bits per heavy atom. The van der Waals surface area contributed by atoms with Crippen molar-refractivity contribution in [2.24, 2.45) is 0 Å². The van der Waals surface area contributed by atoms with Crippen LogP contribution in [0.3, 0.4) is 0 Å². The van der Waals surface area contributed by atoms with Crippen LogP contribution in [0.1, 0.15) is 0 Å². The van der Waals surface area contributed by atoms with Gasteiger partial charge in [0.1, 0.15) is 0 Å². The summed E-state index contributed by atoms with van der Waals surface area (Å²) < 4.78 is 8.39. The second-order valence-corrected chi connectivity index (χ2v) is 0. The van der Waals surface area contributed by atoms with Crippen molar-refractivity contribution in [3.05, 3.63) is 0 Å². The van der Waals surface area contributed by atoms with Gasteiger partial charge in [0.25, 0.3) is 0 Å². The first kappa shape index (κ1) is 16.5. The van der Waals surface area contributed by atoms with E-state index in [1.165, 1.54) is 0 Å². The molecular formula is HCeNaO2. The van der Waals surface area contributed by atoms with Crippen LogP contribution in [0.5, 0.6) is 0 Å². The topological polar surface area (TPSA) is 47.1 Å². The average molecular weight is 196 g/mol. The molecule has 0 saturated carbocycles. The van der Waals surface area contributed by atoms with Crippen LogP contribution >= 0.6 is 0 Å². The second-order valence-electron chi connectivity index (χ2n) is 0. The summed E-state index contributed by atoms with van der Waals surface area (Å²) in [5.74, 6) is 0. The first-order valence-corrected chi connectivity index (χ1v) is 1.49. The Balaban J connectivity index is -0.00000000500. The van der Waals surface area contributed by atoms with Crippen LogP contribution in [0, 0.1) is 39.8 Å². The van der Waals surface area contributed by atoms with Gasteiger partial charge in [-0.3, -0.25) is 0 Å². The van der Waals surface area contributed by atoms with E-state index in [1.807, 2.05) is 0 Å². The van der Waals surface area contributed by atoms with Crippen LogP contribution in [0.4, 0.5) is 0 Å². The average Bonchev–Trinajstić information content (AvgIpc) is 1.00. The van der Waals surface area contributed by atoms with Crippen molar-refractivity contribution in [3.63, 3.8) is 0 Å². The van der Waals surface area contributed by atoms with E-state index in [0.29, 0.717) is 0 Å². The van der Waals surface area contributed by atoms with Crippen molar-refractivity contribution >= 4 is 0 Å². The minimum absolute atomic E-state index is 0. The van der Waals surface area contributed by atoms with Gasteiger partial charge in [-0.25, -0.2) is 0 Å². The molecule has 0 aliphatic rings. The summed E-state index contributed by atoms with van der Waals surface area (Å²) >= 11 is 0.0556. The SMILES string of the molecule is [Na+].[OH-].[O]=[Ce]. The standard InChI is InChI=1S/Ce.Na.H2O.O/h;;1H2;/q;+1;;/p-1. The minimum atomic E-state index is 0. The third-order valence-electron chi connectivity index (χ3n) is 0. The van der Waals surface area contributed by atoms with E-state index >= 15 is 0 Å². The molecule has 2 nitrogen and oxygen atoms in total. The van der Waals surface area contributed by atoms with Crippen LogP contribution in [0.2, 0.25) is 0 Å². The van der Waals surface area contributed by atoms with Crippen LogP contribution in [0.15, 0.2) is 0 Å². The molecule has 0 rings (SSSR count). The molecule has 1 N–H and O–H groups in total. The summed E-state index contributed by atoms with van der Waals surface area (Å²) in [6, 6.07) is 0. The Kier molecular flexibility index (Phi) is 79.2. The molecule has 0 radical (unpaired) electrons. The normalized spacial score (nSPS) is 0.750.